The van der Waals surface area contributed by atoms with Crippen LogP contribution in [0.3, 0.4) is 0 Å². The van der Waals surface area contributed by atoms with Crippen molar-refractivity contribution in [2.45, 2.75) is 58.8 Å². The molecule has 27 heavy (non-hydrogen) atoms. The third kappa shape index (κ3) is 4.73. The lowest BCUT2D eigenvalue weighted by Gasteiger charge is -2.28. The van der Waals surface area contributed by atoms with Gasteiger partial charge in [-0.1, -0.05) is 83.7 Å². The zero-order valence-electron chi connectivity index (χ0n) is 17.5. The lowest BCUT2D eigenvalue weighted by Crippen LogP contribution is -2.40. The average Bonchev–Trinajstić information content (AvgIpc) is 2.78. The van der Waals surface area contributed by atoms with Crippen LogP contribution in [0.15, 0.2) is 23.1 Å². The molecule has 148 valence electrons. The smallest absolute Gasteiger partial charge is 0.280 e. The molecular weight excluding hydrogens is 376 g/mol. The molecule has 0 bridgehead atoms. The molecule has 0 radical (unpaired) electrons. The maximum absolute atomic E-state index is 12.6. The molecule has 0 atom stereocenters. The summed E-state index contributed by atoms with van der Waals surface area (Å²) in [6.07, 6.45) is 2.55. The number of phenols is 1. The lowest BCUT2D eigenvalue weighted by molar-refractivity contribution is -0.130. The van der Waals surface area contributed by atoms with Crippen LogP contribution in [0, 0.1) is 0 Å². The maximum Gasteiger partial charge on any atom is 0.280 e. The SMILES string of the molecule is CN(C)N1C(=O)C(=CCc2cc(C(C)(C)C)c(O)c(C(C)(C)C)c2)SC1=S. The molecule has 1 saturated heterocycles. The van der Waals surface area contributed by atoms with Gasteiger partial charge in [-0.05, 0) is 33.9 Å². The molecule has 0 aliphatic carbocycles. The second-order valence-corrected chi connectivity index (χ2v) is 10.8. The van der Waals surface area contributed by atoms with Crippen LogP contribution in [0.5, 0.6) is 5.75 Å². The fourth-order valence-electron chi connectivity index (χ4n) is 3.01. The Hall–Kier alpha value is -1.37. The number of rotatable bonds is 3. The number of allylic oxidation sites excluding steroid dienone is 1. The predicted octanol–water partition coefficient (Wildman–Crippen LogP) is 4.75. The number of phenolic OH excluding ortho intramolecular Hbond substituents is 1. The number of aromatic hydroxyl groups is 1. The van der Waals surface area contributed by atoms with E-state index in [2.05, 4.69) is 41.5 Å². The molecule has 0 unspecified atom stereocenters. The Kier molecular flexibility index (Phi) is 6.15. The van der Waals surface area contributed by atoms with Gasteiger partial charge < -0.3 is 5.11 Å². The number of amides is 1. The fourth-order valence-corrected chi connectivity index (χ4v) is 4.39. The van der Waals surface area contributed by atoms with Crippen molar-refractivity contribution in [3.63, 3.8) is 0 Å². The Labute approximate surface area is 172 Å². The molecule has 1 N–H and O–H groups in total. The predicted molar refractivity (Wildman–Crippen MR) is 118 cm³/mol. The highest BCUT2D eigenvalue weighted by Crippen LogP contribution is 2.40. The number of hydrogen-bond acceptors (Lipinski definition) is 5. The third-order valence-electron chi connectivity index (χ3n) is 4.48. The van der Waals surface area contributed by atoms with Crippen molar-refractivity contribution in [3.8, 4) is 5.75 Å². The normalized spacial score (nSPS) is 17.5. The average molecular weight is 407 g/mol. The minimum absolute atomic E-state index is 0.0825. The number of nitrogens with zero attached hydrogens (tertiary/aromatic N) is 2. The number of benzene rings is 1. The summed E-state index contributed by atoms with van der Waals surface area (Å²) in [5, 5.41) is 14.0. The van der Waals surface area contributed by atoms with E-state index in [-0.39, 0.29) is 16.7 Å². The summed E-state index contributed by atoms with van der Waals surface area (Å²) in [7, 11) is 3.61. The number of carbonyl (C=O) groups is 1. The van der Waals surface area contributed by atoms with Crippen molar-refractivity contribution in [3.05, 3.63) is 39.8 Å². The van der Waals surface area contributed by atoms with E-state index in [0.29, 0.717) is 21.4 Å². The molecule has 1 aliphatic heterocycles. The van der Waals surface area contributed by atoms with Gasteiger partial charge in [-0.15, -0.1) is 0 Å². The topological polar surface area (TPSA) is 43.8 Å². The van der Waals surface area contributed by atoms with Crippen molar-refractivity contribution in [1.29, 1.82) is 0 Å². The molecule has 2 rings (SSSR count). The molecule has 4 nitrogen and oxygen atoms in total. The highest BCUT2D eigenvalue weighted by atomic mass is 32.2. The minimum Gasteiger partial charge on any atom is -0.507 e. The van der Waals surface area contributed by atoms with Crippen molar-refractivity contribution >= 4 is 34.2 Å². The first kappa shape index (κ1) is 21.9. The molecule has 1 aromatic carbocycles. The second kappa shape index (κ2) is 7.57. The van der Waals surface area contributed by atoms with Crippen molar-refractivity contribution in [2.75, 3.05) is 14.1 Å². The molecule has 0 aromatic heterocycles. The van der Waals surface area contributed by atoms with Crippen LogP contribution in [-0.2, 0) is 22.0 Å². The van der Waals surface area contributed by atoms with Crippen LogP contribution in [0.2, 0.25) is 0 Å². The molecule has 1 heterocycles. The summed E-state index contributed by atoms with van der Waals surface area (Å²) in [6, 6.07) is 4.10. The Morgan fingerprint density at radius 2 is 1.59 bits per heavy atom. The van der Waals surface area contributed by atoms with E-state index >= 15 is 0 Å². The summed E-state index contributed by atoms with van der Waals surface area (Å²) < 4.78 is 0.549. The van der Waals surface area contributed by atoms with Crippen LogP contribution in [0.1, 0.15) is 58.2 Å². The summed E-state index contributed by atoms with van der Waals surface area (Å²) in [6.45, 7) is 12.6. The number of thiocarbonyl (C=S) groups is 1. The van der Waals surface area contributed by atoms with E-state index in [4.69, 9.17) is 12.2 Å². The molecule has 1 amide bonds. The van der Waals surface area contributed by atoms with Gasteiger partial charge in [0.2, 0.25) is 0 Å². The summed E-state index contributed by atoms with van der Waals surface area (Å²) in [5.41, 5.74) is 2.60. The van der Waals surface area contributed by atoms with Crippen molar-refractivity contribution in [2.24, 2.45) is 0 Å². The second-order valence-electron chi connectivity index (χ2n) is 9.14. The molecule has 6 heteroatoms. The van der Waals surface area contributed by atoms with Gasteiger partial charge in [0.05, 0.1) is 4.91 Å². The molecule has 0 spiro atoms. The quantitative estimate of drug-likeness (QED) is 0.580. The number of thioether (sulfide) groups is 1. The highest BCUT2D eigenvalue weighted by molar-refractivity contribution is 8.26. The number of hydrogen-bond donors (Lipinski definition) is 1. The van der Waals surface area contributed by atoms with Gasteiger partial charge in [-0.3, -0.25) is 4.79 Å². The van der Waals surface area contributed by atoms with Gasteiger partial charge in [0.15, 0.2) is 4.32 Å². The zero-order chi connectivity index (χ0) is 20.7. The van der Waals surface area contributed by atoms with Gasteiger partial charge in [0.1, 0.15) is 5.75 Å². The molecular formula is C21H30N2O2S2. The van der Waals surface area contributed by atoms with Crippen LogP contribution < -0.4 is 0 Å². The maximum atomic E-state index is 12.6. The molecule has 0 saturated carbocycles. The first-order valence-corrected chi connectivity index (χ1v) is 10.3. The standard InChI is InChI=1S/C21H30N2O2S2/c1-20(2,3)14-11-13(12-15(17(14)24)21(4,5)6)9-10-16-18(25)23(22(7)8)19(26)27-16/h10-12,24H,9H2,1-8H3. The Bertz CT molecular complexity index is 764. The van der Waals surface area contributed by atoms with Gasteiger partial charge in [0.25, 0.3) is 5.91 Å². The van der Waals surface area contributed by atoms with Crippen LogP contribution in [0.25, 0.3) is 0 Å². The fraction of sp³-hybridized carbons (Fsp3) is 0.524. The van der Waals surface area contributed by atoms with Gasteiger partial charge in [0, 0.05) is 14.1 Å². The summed E-state index contributed by atoms with van der Waals surface area (Å²) in [5.74, 6) is 0.290. The van der Waals surface area contributed by atoms with E-state index in [1.165, 1.54) is 16.8 Å². The van der Waals surface area contributed by atoms with Crippen molar-refractivity contribution < 1.29 is 9.90 Å². The van der Waals surface area contributed by atoms with E-state index in [0.717, 1.165) is 16.7 Å². The first-order valence-electron chi connectivity index (χ1n) is 9.04. The van der Waals surface area contributed by atoms with Crippen LogP contribution in [-0.4, -0.2) is 39.4 Å². The Morgan fingerprint density at radius 3 is 1.96 bits per heavy atom. The van der Waals surface area contributed by atoms with E-state index < -0.39 is 0 Å². The van der Waals surface area contributed by atoms with Crippen LogP contribution >= 0.6 is 24.0 Å². The Morgan fingerprint density at radius 1 is 1.11 bits per heavy atom. The number of hydrazine groups is 1. The highest BCUT2D eigenvalue weighted by Gasteiger charge is 2.33. The monoisotopic (exact) mass is 406 g/mol. The largest absolute Gasteiger partial charge is 0.507 e. The summed E-state index contributed by atoms with van der Waals surface area (Å²) >= 11 is 6.64. The minimum atomic E-state index is -0.172. The lowest BCUT2D eigenvalue weighted by atomic mass is 9.78. The number of carbonyl (C=O) groups excluding carboxylic acids is 1. The third-order valence-corrected chi connectivity index (χ3v) is 5.81. The molecule has 1 aromatic rings. The van der Waals surface area contributed by atoms with Gasteiger partial charge in [-0.2, -0.15) is 0 Å². The van der Waals surface area contributed by atoms with Gasteiger partial charge >= 0.3 is 0 Å². The van der Waals surface area contributed by atoms with Crippen LogP contribution in [0.4, 0.5) is 0 Å². The van der Waals surface area contributed by atoms with Gasteiger partial charge in [-0.25, -0.2) is 10.0 Å². The summed E-state index contributed by atoms with van der Waals surface area (Å²) in [4.78, 5) is 13.2. The van der Waals surface area contributed by atoms with E-state index in [1.54, 1.807) is 19.1 Å². The molecule has 1 aliphatic rings. The zero-order valence-corrected chi connectivity index (χ0v) is 19.1. The van der Waals surface area contributed by atoms with E-state index in [1.807, 2.05) is 18.2 Å². The Balaban J connectivity index is 2.43. The van der Waals surface area contributed by atoms with Crippen molar-refractivity contribution in [1.82, 2.24) is 10.0 Å². The molecule has 1 fully saturated rings. The van der Waals surface area contributed by atoms with E-state index in [9.17, 15) is 9.90 Å². The first-order chi connectivity index (χ1) is 12.2.